The van der Waals surface area contributed by atoms with Crippen molar-refractivity contribution in [3.63, 3.8) is 0 Å². The molecule has 1 amide bonds. The quantitative estimate of drug-likeness (QED) is 0.586. The van der Waals surface area contributed by atoms with Crippen molar-refractivity contribution in [2.75, 3.05) is 19.0 Å². The van der Waals surface area contributed by atoms with Crippen LogP contribution >= 0.6 is 0 Å². The summed E-state index contributed by atoms with van der Waals surface area (Å²) in [4.78, 5) is 12.0. The molecule has 0 unspecified atom stereocenters. The van der Waals surface area contributed by atoms with E-state index in [0.717, 1.165) is 17.5 Å². The zero-order valence-corrected chi connectivity index (χ0v) is 14.7. The zero-order valence-electron chi connectivity index (χ0n) is 14.7. The Labute approximate surface area is 147 Å². The van der Waals surface area contributed by atoms with Gasteiger partial charge in [-0.25, -0.2) is 0 Å². The number of hydrogen-bond donors (Lipinski definition) is 2. The molecule has 0 radical (unpaired) electrons. The Bertz CT molecular complexity index is 768. The third-order valence-corrected chi connectivity index (χ3v) is 3.49. The number of aromatic hydroxyl groups is 1. The van der Waals surface area contributed by atoms with Gasteiger partial charge >= 0.3 is 0 Å². The molecule has 2 N–H and O–H groups in total. The number of carbonyl (C=O) groups excluding carboxylic acids is 1. The number of phenols is 1. The third kappa shape index (κ3) is 5.28. The summed E-state index contributed by atoms with van der Waals surface area (Å²) < 4.78 is 10.9. The highest BCUT2D eigenvalue weighted by Gasteiger charge is 2.06. The van der Waals surface area contributed by atoms with Crippen LogP contribution in [0.4, 0.5) is 5.69 Å². The smallest absolute Gasteiger partial charge is 0.248 e. The molecular formula is C20H23NO4. The molecule has 25 heavy (non-hydrogen) atoms. The highest BCUT2D eigenvalue weighted by atomic mass is 16.5. The normalized spacial score (nSPS) is 10.7. The number of carbonyl (C=O) groups is 1. The van der Waals surface area contributed by atoms with Crippen LogP contribution in [-0.2, 0) is 4.79 Å². The first-order chi connectivity index (χ1) is 12.0. The van der Waals surface area contributed by atoms with Crippen molar-refractivity contribution in [3.05, 3.63) is 53.6 Å². The molecule has 0 aliphatic rings. The van der Waals surface area contributed by atoms with Crippen LogP contribution in [0.5, 0.6) is 17.2 Å². The SMILES string of the molecule is CCCOc1ccc(/C=C/C(=O)Nc2ccc(C)cc2O)cc1OC. The third-order valence-electron chi connectivity index (χ3n) is 3.49. The maximum absolute atomic E-state index is 12.0. The van der Waals surface area contributed by atoms with E-state index in [9.17, 15) is 9.90 Å². The predicted octanol–water partition coefficient (Wildman–Crippen LogP) is 4.15. The Hall–Kier alpha value is -2.95. The number of anilines is 1. The summed E-state index contributed by atoms with van der Waals surface area (Å²) in [7, 11) is 1.58. The van der Waals surface area contributed by atoms with Crippen LogP contribution in [0.3, 0.4) is 0 Å². The van der Waals surface area contributed by atoms with Crippen molar-refractivity contribution in [1.82, 2.24) is 0 Å². The lowest BCUT2D eigenvalue weighted by molar-refractivity contribution is -0.111. The van der Waals surface area contributed by atoms with Crippen LogP contribution < -0.4 is 14.8 Å². The summed E-state index contributed by atoms with van der Waals surface area (Å²) >= 11 is 0. The van der Waals surface area contributed by atoms with Crippen molar-refractivity contribution in [3.8, 4) is 17.2 Å². The fourth-order valence-corrected chi connectivity index (χ4v) is 2.21. The van der Waals surface area contributed by atoms with E-state index >= 15 is 0 Å². The lowest BCUT2D eigenvalue weighted by atomic mass is 10.2. The molecule has 0 aliphatic heterocycles. The van der Waals surface area contributed by atoms with Gasteiger partial charge in [-0.3, -0.25) is 4.79 Å². The second-order valence-corrected chi connectivity index (χ2v) is 5.60. The number of hydrogen-bond acceptors (Lipinski definition) is 4. The van der Waals surface area contributed by atoms with E-state index in [-0.39, 0.29) is 11.7 Å². The average molecular weight is 341 g/mol. The van der Waals surface area contributed by atoms with E-state index in [0.29, 0.717) is 23.8 Å². The molecular weight excluding hydrogens is 318 g/mol. The molecule has 0 fully saturated rings. The molecule has 0 saturated carbocycles. The number of benzene rings is 2. The topological polar surface area (TPSA) is 67.8 Å². The molecule has 2 rings (SSSR count). The first kappa shape index (κ1) is 18.4. The minimum absolute atomic E-state index is 0.0424. The van der Waals surface area contributed by atoms with Crippen LogP contribution in [0, 0.1) is 6.92 Å². The first-order valence-electron chi connectivity index (χ1n) is 8.13. The number of rotatable bonds is 7. The highest BCUT2D eigenvalue weighted by molar-refractivity contribution is 6.02. The first-order valence-corrected chi connectivity index (χ1v) is 8.13. The van der Waals surface area contributed by atoms with Gasteiger partial charge < -0.3 is 19.9 Å². The Kier molecular flexibility index (Phi) is 6.46. The molecule has 2 aromatic rings. The highest BCUT2D eigenvalue weighted by Crippen LogP contribution is 2.29. The molecule has 5 nitrogen and oxygen atoms in total. The summed E-state index contributed by atoms with van der Waals surface area (Å²) in [6.07, 6.45) is 3.99. The second kappa shape index (κ2) is 8.78. The van der Waals surface area contributed by atoms with Crippen molar-refractivity contribution in [1.29, 1.82) is 0 Å². The number of methoxy groups -OCH3 is 1. The number of amides is 1. The Morgan fingerprint density at radius 3 is 2.68 bits per heavy atom. The number of phenolic OH excluding ortho intramolecular Hbond substituents is 1. The summed E-state index contributed by atoms with van der Waals surface area (Å²) in [6, 6.07) is 10.5. The van der Waals surface area contributed by atoms with Crippen LogP contribution in [-0.4, -0.2) is 24.7 Å². The van der Waals surface area contributed by atoms with E-state index in [4.69, 9.17) is 9.47 Å². The number of aryl methyl sites for hydroxylation is 1. The lowest BCUT2D eigenvalue weighted by Crippen LogP contribution is -2.07. The van der Waals surface area contributed by atoms with Crippen molar-refractivity contribution < 1.29 is 19.4 Å². The molecule has 0 saturated heterocycles. The van der Waals surface area contributed by atoms with Gasteiger partial charge in [0.15, 0.2) is 11.5 Å². The van der Waals surface area contributed by atoms with Gasteiger partial charge in [-0.1, -0.05) is 19.1 Å². The van der Waals surface area contributed by atoms with E-state index in [1.54, 1.807) is 31.4 Å². The Morgan fingerprint density at radius 2 is 2.00 bits per heavy atom. The molecule has 0 bridgehead atoms. The molecule has 0 aliphatic carbocycles. The summed E-state index contributed by atoms with van der Waals surface area (Å²) in [5.41, 5.74) is 2.11. The predicted molar refractivity (Wildman–Crippen MR) is 99.3 cm³/mol. The Morgan fingerprint density at radius 1 is 1.20 bits per heavy atom. The standard InChI is InChI=1S/C20H23NO4/c1-4-11-25-18-9-6-15(13-19(18)24-3)7-10-20(23)21-16-8-5-14(2)12-17(16)22/h5-10,12-13,22H,4,11H2,1-3H3,(H,21,23)/b10-7+. The monoisotopic (exact) mass is 341 g/mol. The largest absolute Gasteiger partial charge is 0.506 e. The van der Waals surface area contributed by atoms with E-state index in [1.807, 2.05) is 32.0 Å². The molecule has 2 aromatic carbocycles. The van der Waals surface area contributed by atoms with Gasteiger partial charge in [0, 0.05) is 6.08 Å². The van der Waals surface area contributed by atoms with Crippen molar-refractivity contribution >= 4 is 17.7 Å². The van der Waals surface area contributed by atoms with E-state index in [2.05, 4.69) is 5.32 Å². The van der Waals surface area contributed by atoms with Gasteiger partial charge in [-0.15, -0.1) is 0 Å². The van der Waals surface area contributed by atoms with Gasteiger partial charge in [-0.05, 0) is 54.8 Å². The molecule has 0 aromatic heterocycles. The van der Waals surface area contributed by atoms with Gasteiger partial charge in [0.05, 0.1) is 19.4 Å². The van der Waals surface area contributed by atoms with Crippen LogP contribution in [0.25, 0.3) is 6.08 Å². The van der Waals surface area contributed by atoms with Crippen molar-refractivity contribution in [2.24, 2.45) is 0 Å². The van der Waals surface area contributed by atoms with Crippen LogP contribution in [0.2, 0.25) is 0 Å². The van der Waals surface area contributed by atoms with Gasteiger partial charge in [-0.2, -0.15) is 0 Å². The molecule has 132 valence electrons. The molecule has 0 heterocycles. The fraction of sp³-hybridized carbons (Fsp3) is 0.250. The van der Waals surface area contributed by atoms with E-state index < -0.39 is 0 Å². The second-order valence-electron chi connectivity index (χ2n) is 5.60. The minimum atomic E-state index is -0.329. The van der Waals surface area contributed by atoms with Crippen LogP contribution in [0.1, 0.15) is 24.5 Å². The maximum atomic E-state index is 12.0. The van der Waals surface area contributed by atoms with Gasteiger partial charge in [0.1, 0.15) is 5.75 Å². The zero-order chi connectivity index (χ0) is 18.2. The summed E-state index contributed by atoms with van der Waals surface area (Å²) in [5, 5.41) is 12.5. The summed E-state index contributed by atoms with van der Waals surface area (Å²) in [6.45, 7) is 4.52. The van der Waals surface area contributed by atoms with Gasteiger partial charge in [0.25, 0.3) is 0 Å². The number of nitrogens with one attached hydrogen (secondary N) is 1. The molecule has 0 spiro atoms. The fourth-order valence-electron chi connectivity index (χ4n) is 2.21. The van der Waals surface area contributed by atoms with Crippen molar-refractivity contribution in [2.45, 2.75) is 20.3 Å². The van der Waals surface area contributed by atoms with Crippen LogP contribution in [0.15, 0.2) is 42.5 Å². The molecule has 0 atom stereocenters. The minimum Gasteiger partial charge on any atom is -0.506 e. The van der Waals surface area contributed by atoms with Gasteiger partial charge in [0.2, 0.25) is 5.91 Å². The summed E-state index contributed by atoms with van der Waals surface area (Å²) in [5.74, 6) is 1.01. The molecule has 5 heteroatoms. The lowest BCUT2D eigenvalue weighted by Gasteiger charge is -2.10. The maximum Gasteiger partial charge on any atom is 0.248 e. The number of ether oxygens (including phenoxy) is 2. The Balaban J connectivity index is 2.06. The van der Waals surface area contributed by atoms with E-state index in [1.165, 1.54) is 6.08 Å². The average Bonchev–Trinajstić information content (AvgIpc) is 2.60.